The molecule has 0 aliphatic rings. The summed E-state index contributed by atoms with van der Waals surface area (Å²) in [5.41, 5.74) is 2.12. The Morgan fingerprint density at radius 3 is 2.54 bits per heavy atom. The lowest BCUT2D eigenvalue weighted by Gasteiger charge is -2.19. The molecule has 0 unspecified atom stereocenters. The standard InChI is InChI=1S/C16H29F3N6.HI/c1-5-20-15(22-8-10-24(4)12-16(17,18)19)21-7-6-9-25-14(3)11-13(2)23-25;/h11H,5-10,12H2,1-4H3,(H2,20,21,22);1H. The summed E-state index contributed by atoms with van der Waals surface area (Å²) in [6, 6.07) is 2.03. The highest BCUT2D eigenvalue weighted by Crippen LogP contribution is 2.14. The van der Waals surface area contributed by atoms with E-state index < -0.39 is 12.7 Å². The van der Waals surface area contributed by atoms with Crippen LogP contribution >= 0.6 is 24.0 Å². The molecule has 1 rings (SSSR count). The third-order valence-electron chi connectivity index (χ3n) is 3.48. The SMILES string of the molecule is CCNC(=NCCCn1nc(C)cc1C)NCCN(C)CC(F)(F)F.I. The number of hydrogen-bond acceptors (Lipinski definition) is 3. The van der Waals surface area contributed by atoms with Crippen LogP contribution in [0.1, 0.15) is 24.7 Å². The number of nitrogens with one attached hydrogen (secondary N) is 2. The predicted molar refractivity (Wildman–Crippen MR) is 109 cm³/mol. The van der Waals surface area contributed by atoms with Crippen molar-refractivity contribution in [3.63, 3.8) is 0 Å². The van der Waals surface area contributed by atoms with Crippen LogP contribution < -0.4 is 10.6 Å². The van der Waals surface area contributed by atoms with E-state index >= 15 is 0 Å². The topological polar surface area (TPSA) is 57.5 Å². The number of nitrogens with zero attached hydrogens (tertiary/aromatic N) is 4. The zero-order chi connectivity index (χ0) is 18.9. The Morgan fingerprint density at radius 2 is 2.00 bits per heavy atom. The normalized spacial score (nSPS) is 12.2. The van der Waals surface area contributed by atoms with Crippen molar-refractivity contribution in [2.75, 3.05) is 39.8 Å². The van der Waals surface area contributed by atoms with E-state index in [1.54, 1.807) is 0 Å². The Morgan fingerprint density at radius 1 is 1.31 bits per heavy atom. The Balaban J connectivity index is 0.00000625. The highest BCUT2D eigenvalue weighted by molar-refractivity contribution is 14.0. The van der Waals surface area contributed by atoms with Crippen LogP contribution in [0.4, 0.5) is 13.2 Å². The minimum absolute atomic E-state index is 0. The Bertz CT molecular complexity index is 545. The summed E-state index contributed by atoms with van der Waals surface area (Å²) in [6.07, 6.45) is -3.33. The Kier molecular flexibility index (Phi) is 11.9. The summed E-state index contributed by atoms with van der Waals surface area (Å²) in [4.78, 5) is 5.68. The minimum atomic E-state index is -4.17. The van der Waals surface area contributed by atoms with Crippen molar-refractivity contribution in [3.05, 3.63) is 17.5 Å². The third kappa shape index (κ3) is 10.8. The number of alkyl halides is 3. The van der Waals surface area contributed by atoms with E-state index in [0.29, 0.717) is 25.6 Å². The Labute approximate surface area is 170 Å². The fourth-order valence-corrected chi connectivity index (χ4v) is 2.40. The average Bonchev–Trinajstić information content (AvgIpc) is 2.79. The van der Waals surface area contributed by atoms with E-state index in [2.05, 4.69) is 20.7 Å². The van der Waals surface area contributed by atoms with Crippen molar-refractivity contribution in [1.29, 1.82) is 0 Å². The summed E-state index contributed by atoms with van der Waals surface area (Å²) >= 11 is 0. The fourth-order valence-electron chi connectivity index (χ4n) is 2.40. The summed E-state index contributed by atoms with van der Waals surface area (Å²) in [6.45, 7) is 7.81. The first kappa shape index (κ1) is 25.0. The van der Waals surface area contributed by atoms with Crippen LogP contribution in [0.25, 0.3) is 0 Å². The van der Waals surface area contributed by atoms with Crippen LogP contribution in [0.3, 0.4) is 0 Å². The molecule has 152 valence electrons. The monoisotopic (exact) mass is 490 g/mol. The molecule has 0 fully saturated rings. The second-order valence-corrected chi connectivity index (χ2v) is 6.04. The van der Waals surface area contributed by atoms with E-state index in [1.165, 1.54) is 11.9 Å². The van der Waals surface area contributed by atoms with E-state index in [0.717, 1.165) is 24.4 Å². The molecule has 0 aromatic carbocycles. The van der Waals surface area contributed by atoms with Crippen molar-refractivity contribution < 1.29 is 13.2 Å². The van der Waals surface area contributed by atoms with E-state index in [9.17, 15) is 13.2 Å². The van der Waals surface area contributed by atoms with Crippen molar-refractivity contribution in [2.24, 2.45) is 4.99 Å². The number of hydrogen-bond donors (Lipinski definition) is 2. The van der Waals surface area contributed by atoms with Crippen molar-refractivity contribution >= 4 is 29.9 Å². The molecule has 0 aliphatic heterocycles. The van der Waals surface area contributed by atoms with Gasteiger partial charge in [0.05, 0.1) is 12.2 Å². The van der Waals surface area contributed by atoms with E-state index in [4.69, 9.17) is 0 Å². The van der Waals surface area contributed by atoms with Gasteiger partial charge in [-0.25, -0.2) is 0 Å². The molecule has 1 aromatic heterocycles. The van der Waals surface area contributed by atoms with Gasteiger partial charge in [0.2, 0.25) is 0 Å². The lowest BCUT2D eigenvalue weighted by atomic mass is 10.4. The second kappa shape index (κ2) is 12.4. The molecular weight excluding hydrogens is 460 g/mol. The maximum Gasteiger partial charge on any atom is 0.401 e. The zero-order valence-electron chi connectivity index (χ0n) is 15.9. The van der Waals surface area contributed by atoms with Gasteiger partial charge in [0.25, 0.3) is 0 Å². The van der Waals surface area contributed by atoms with Gasteiger partial charge in [0, 0.05) is 38.4 Å². The van der Waals surface area contributed by atoms with Crippen LogP contribution in [0.2, 0.25) is 0 Å². The largest absolute Gasteiger partial charge is 0.401 e. The maximum absolute atomic E-state index is 12.3. The smallest absolute Gasteiger partial charge is 0.357 e. The quantitative estimate of drug-likeness (QED) is 0.242. The molecule has 0 aliphatic carbocycles. The molecule has 0 bridgehead atoms. The summed E-state index contributed by atoms with van der Waals surface area (Å²) < 4.78 is 38.8. The molecule has 0 radical (unpaired) electrons. The highest BCUT2D eigenvalue weighted by atomic mass is 127. The number of aryl methyl sites for hydroxylation is 3. The first-order chi connectivity index (χ1) is 11.7. The van der Waals surface area contributed by atoms with Gasteiger partial charge in [-0.3, -0.25) is 14.6 Å². The van der Waals surface area contributed by atoms with Crippen molar-refractivity contribution in [2.45, 2.75) is 39.9 Å². The highest BCUT2D eigenvalue weighted by Gasteiger charge is 2.28. The Hall–Kier alpha value is -1.04. The molecule has 0 amide bonds. The molecule has 0 atom stereocenters. The van der Waals surface area contributed by atoms with Crippen LogP contribution in [-0.2, 0) is 6.54 Å². The molecular formula is C16H30F3IN6. The first-order valence-electron chi connectivity index (χ1n) is 8.50. The molecule has 1 aromatic rings. The zero-order valence-corrected chi connectivity index (χ0v) is 18.2. The van der Waals surface area contributed by atoms with Gasteiger partial charge in [-0.15, -0.1) is 24.0 Å². The molecule has 1 heterocycles. The fraction of sp³-hybridized carbons (Fsp3) is 0.750. The van der Waals surface area contributed by atoms with E-state index in [-0.39, 0.29) is 30.5 Å². The summed E-state index contributed by atoms with van der Waals surface area (Å²) in [5, 5.41) is 10.6. The van der Waals surface area contributed by atoms with Crippen LogP contribution in [0, 0.1) is 13.8 Å². The maximum atomic E-state index is 12.3. The van der Waals surface area contributed by atoms with Gasteiger partial charge in [-0.2, -0.15) is 18.3 Å². The average molecular weight is 490 g/mol. The van der Waals surface area contributed by atoms with E-state index in [1.807, 2.05) is 31.5 Å². The minimum Gasteiger partial charge on any atom is -0.357 e. The van der Waals surface area contributed by atoms with Gasteiger partial charge in [-0.1, -0.05) is 0 Å². The lowest BCUT2D eigenvalue weighted by Crippen LogP contribution is -2.42. The van der Waals surface area contributed by atoms with Crippen LogP contribution in [0.15, 0.2) is 11.1 Å². The molecule has 6 nitrogen and oxygen atoms in total. The van der Waals surface area contributed by atoms with Gasteiger partial charge in [-0.05, 0) is 40.3 Å². The molecule has 26 heavy (non-hydrogen) atoms. The first-order valence-corrected chi connectivity index (χ1v) is 8.50. The number of halogens is 4. The van der Waals surface area contributed by atoms with Crippen LogP contribution in [-0.4, -0.2) is 66.6 Å². The van der Waals surface area contributed by atoms with Crippen molar-refractivity contribution in [1.82, 2.24) is 25.3 Å². The number of aliphatic imine (C=N–C) groups is 1. The molecule has 0 saturated heterocycles. The summed E-state index contributed by atoms with van der Waals surface area (Å²) in [5.74, 6) is 0.622. The molecule has 0 spiro atoms. The molecule has 0 saturated carbocycles. The van der Waals surface area contributed by atoms with Gasteiger partial charge < -0.3 is 10.6 Å². The van der Waals surface area contributed by atoms with Crippen molar-refractivity contribution in [3.8, 4) is 0 Å². The van der Waals surface area contributed by atoms with Gasteiger partial charge in [0.1, 0.15) is 0 Å². The number of rotatable bonds is 9. The third-order valence-corrected chi connectivity index (χ3v) is 3.48. The molecule has 10 heteroatoms. The summed E-state index contributed by atoms with van der Waals surface area (Å²) in [7, 11) is 1.45. The number of aromatic nitrogens is 2. The molecule has 2 N–H and O–H groups in total. The number of guanidine groups is 1. The second-order valence-electron chi connectivity index (χ2n) is 6.04. The van der Waals surface area contributed by atoms with Gasteiger partial charge in [0.15, 0.2) is 5.96 Å². The lowest BCUT2D eigenvalue weighted by molar-refractivity contribution is -0.142. The van der Waals surface area contributed by atoms with Crippen LogP contribution in [0.5, 0.6) is 0 Å². The predicted octanol–water partition coefficient (Wildman–Crippen LogP) is 2.56. The van der Waals surface area contributed by atoms with Gasteiger partial charge >= 0.3 is 6.18 Å². The number of likely N-dealkylation sites (N-methyl/N-ethyl adjacent to an activating group) is 1.